The fourth-order valence-corrected chi connectivity index (χ4v) is 3.14. The first-order valence-corrected chi connectivity index (χ1v) is 8.61. The summed E-state index contributed by atoms with van der Waals surface area (Å²) in [5.41, 5.74) is 0.783. The van der Waals surface area contributed by atoms with Gasteiger partial charge in [-0.1, -0.05) is 48.0 Å². The van der Waals surface area contributed by atoms with Gasteiger partial charge < -0.3 is 14.8 Å². The van der Waals surface area contributed by atoms with Gasteiger partial charge in [0.05, 0.1) is 19.2 Å². The lowest BCUT2D eigenvalue weighted by Gasteiger charge is -2.18. The molecule has 4 nitrogen and oxygen atoms in total. The number of halogens is 3. The van der Waals surface area contributed by atoms with Crippen LogP contribution in [0.15, 0.2) is 54.6 Å². The molecule has 0 aliphatic rings. The quantitative estimate of drug-likeness (QED) is 0.607. The molecule has 0 aromatic heterocycles. The van der Waals surface area contributed by atoms with Crippen molar-refractivity contribution < 1.29 is 23.0 Å². The van der Waals surface area contributed by atoms with Crippen molar-refractivity contribution in [1.82, 2.24) is 0 Å². The van der Waals surface area contributed by atoms with Gasteiger partial charge in [0.15, 0.2) is 5.75 Å². The second-order valence-corrected chi connectivity index (χ2v) is 6.14. The molecule has 3 aromatic carbocycles. The molecule has 0 aliphatic heterocycles. The number of rotatable bonds is 5. The highest BCUT2D eigenvalue weighted by Gasteiger charge is 2.24. The van der Waals surface area contributed by atoms with Crippen LogP contribution in [0.25, 0.3) is 11.1 Å². The molecule has 0 radical (unpaired) electrons. The molecule has 1 N–H and O–H groups in total. The highest BCUT2D eigenvalue weighted by molar-refractivity contribution is 6.35. The molecule has 7 heteroatoms. The third-order valence-electron chi connectivity index (χ3n) is 4.12. The second-order valence-electron chi connectivity index (χ2n) is 5.77. The summed E-state index contributed by atoms with van der Waals surface area (Å²) in [5, 5.41) is 2.67. The van der Waals surface area contributed by atoms with Crippen LogP contribution in [-0.2, 0) is 0 Å². The molecule has 0 heterocycles. The van der Waals surface area contributed by atoms with Gasteiger partial charge in [0.25, 0.3) is 5.91 Å². The van der Waals surface area contributed by atoms with E-state index in [1.807, 2.05) is 30.3 Å². The van der Waals surface area contributed by atoms with Crippen molar-refractivity contribution in [2.24, 2.45) is 0 Å². The SMILES string of the molecule is COc1cc(-c2ccccc2)c(Cl)c(OC)c1NC(=O)c1c(F)cccc1F. The number of hydrogen-bond acceptors (Lipinski definition) is 3. The molecule has 0 fully saturated rings. The molecule has 1 amide bonds. The maximum absolute atomic E-state index is 13.9. The predicted octanol–water partition coefficient (Wildman–Crippen LogP) is 5.55. The van der Waals surface area contributed by atoms with E-state index in [0.717, 1.165) is 17.7 Å². The largest absolute Gasteiger partial charge is 0.494 e. The van der Waals surface area contributed by atoms with E-state index in [0.29, 0.717) is 5.56 Å². The first kappa shape index (κ1) is 19.6. The number of ether oxygens (including phenoxy) is 2. The molecule has 0 aliphatic carbocycles. The normalized spacial score (nSPS) is 10.5. The number of carbonyl (C=O) groups is 1. The van der Waals surface area contributed by atoms with Crippen LogP contribution >= 0.6 is 11.6 Å². The predicted molar refractivity (Wildman–Crippen MR) is 104 cm³/mol. The van der Waals surface area contributed by atoms with Gasteiger partial charge in [-0.2, -0.15) is 0 Å². The average Bonchev–Trinajstić information content (AvgIpc) is 2.69. The average molecular weight is 404 g/mol. The topological polar surface area (TPSA) is 47.6 Å². The van der Waals surface area contributed by atoms with Crippen molar-refractivity contribution in [1.29, 1.82) is 0 Å². The summed E-state index contributed by atoms with van der Waals surface area (Å²) >= 11 is 6.49. The number of methoxy groups -OCH3 is 2. The molecule has 0 saturated heterocycles. The van der Waals surface area contributed by atoms with Crippen molar-refractivity contribution in [3.63, 3.8) is 0 Å². The molecule has 0 saturated carbocycles. The second kappa shape index (κ2) is 8.27. The van der Waals surface area contributed by atoms with Crippen LogP contribution < -0.4 is 14.8 Å². The van der Waals surface area contributed by atoms with E-state index < -0.39 is 23.1 Å². The summed E-state index contributed by atoms with van der Waals surface area (Å²) in [7, 11) is 2.77. The molecule has 3 aromatic rings. The van der Waals surface area contributed by atoms with E-state index in [4.69, 9.17) is 21.1 Å². The standard InChI is InChI=1S/C21H16ClF2NO3/c1-27-16-11-13(12-7-4-3-5-8-12)18(22)20(28-2)19(16)25-21(26)17-14(23)9-6-10-15(17)24/h3-11H,1-2H3,(H,25,26). The van der Waals surface area contributed by atoms with Gasteiger partial charge in [-0.3, -0.25) is 4.79 Å². The minimum absolute atomic E-state index is 0.0716. The van der Waals surface area contributed by atoms with Crippen molar-refractivity contribution in [3.05, 3.63) is 76.8 Å². The Labute approximate surface area is 165 Å². The Morgan fingerprint density at radius 2 is 1.61 bits per heavy atom. The Bertz CT molecular complexity index is 1010. The third kappa shape index (κ3) is 3.64. The Morgan fingerprint density at radius 1 is 0.964 bits per heavy atom. The third-order valence-corrected chi connectivity index (χ3v) is 4.50. The number of amides is 1. The highest BCUT2D eigenvalue weighted by atomic mass is 35.5. The fourth-order valence-electron chi connectivity index (χ4n) is 2.80. The Balaban J connectivity index is 2.11. The van der Waals surface area contributed by atoms with Gasteiger partial charge in [-0.25, -0.2) is 8.78 Å². The summed E-state index contributed by atoms with van der Waals surface area (Å²) in [5.74, 6) is -2.62. The van der Waals surface area contributed by atoms with Crippen LogP contribution in [0.1, 0.15) is 10.4 Å². The minimum Gasteiger partial charge on any atom is -0.494 e. The Hall–Kier alpha value is -3.12. The first-order chi connectivity index (χ1) is 13.5. The van der Waals surface area contributed by atoms with E-state index in [-0.39, 0.29) is 22.2 Å². The summed E-state index contributed by atoms with van der Waals surface area (Å²) in [4.78, 5) is 12.5. The first-order valence-electron chi connectivity index (χ1n) is 8.23. The molecular formula is C21H16ClF2NO3. The van der Waals surface area contributed by atoms with E-state index in [9.17, 15) is 13.6 Å². The lowest BCUT2D eigenvalue weighted by atomic mass is 10.0. The number of hydrogen-bond donors (Lipinski definition) is 1. The molecule has 144 valence electrons. The number of anilines is 1. The summed E-state index contributed by atoms with van der Waals surface area (Å²) in [6.07, 6.45) is 0. The summed E-state index contributed by atoms with van der Waals surface area (Å²) in [6.45, 7) is 0. The molecule has 0 atom stereocenters. The maximum Gasteiger partial charge on any atom is 0.261 e. The van der Waals surface area contributed by atoms with Gasteiger partial charge in [-0.15, -0.1) is 0 Å². The molecule has 0 bridgehead atoms. The lowest BCUT2D eigenvalue weighted by molar-refractivity contribution is 0.101. The van der Waals surface area contributed by atoms with Crippen LogP contribution in [0, 0.1) is 11.6 Å². The van der Waals surface area contributed by atoms with Crippen LogP contribution in [0.3, 0.4) is 0 Å². The minimum atomic E-state index is -0.990. The molecule has 3 rings (SSSR count). The van der Waals surface area contributed by atoms with Crippen molar-refractivity contribution in [2.45, 2.75) is 0 Å². The van der Waals surface area contributed by atoms with Crippen LogP contribution in [0.2, 0.25) is 5.02 Å². The lowest BCUT2D eigenvalue weighted by Crippen LogP contribution is -2.17. The summed E-state index contributed by atoms with van der Waals surface area (Å²) in [6, 6.07) is 14.1. The van der Waals surface area contributed by atoms with Crippen LogP contribution in [-0.4, -0.2) is 20.1 Å². The van der Waals surface area contributed by atoms with Gasteiger partial charge in [0.2, 0.25) is 0 Å². The molecule has 0 spiro atoms. The monoisotopic (exact) mass is 403 g/mol. The Kier molecular flexibility index (Phi) is 5.80. The summed E-state index contributed by atoms with van der Waals surface area (Å²) < 4.78 is 38.6. The molecular weight excluding hydrogens is 388 g/mol. The van der Waals surface area contributed by atoms with Crippen molar-refractivity contribution >= 4 is 23.2 Å². The van der Waals surface area contributed by atoms with Gasteiger partial charge in [0.1, 0.15) is 28.6 Å². The van der Waals surface area contributed by atoms with Crippen LogP contribution in [0.5, 0.6) is 11.5 Å². The van der Waals surface area contributed by atoms with Gasteiger partial charge >= 0.3 is 0 Å². The number of nitrogens with one attached hydrogen (secondary N) is 1. The van der Waals surface area contributed by atoms with Gasteiger partial charge in [0, 0.05) is 5.56 Å². The maximum atomic E-state index is 13.9. The highest BCUT2D eigenvalue weighted by Crippen LogP contribution is 2.46. The zero-order valence-corrected chi connectivity index (χ0v) is 15.8. The zero-order valence-electron chi connectivity index (χ0n) is 15.1. The van der Waals surface area contributed by atoms with E-state index in [1.165, 1.54) is 20.3 Å². The molecule has 28 heavy (non-hydrogen) atoms. The van der Waals surface area contributed by atoms with Crippen molar-refractivity contribution in [2.75, 3.05) is 19.5 Å². The van der Waals surface area contributed by atoms with Gasteiger partial charge in [-0.05, 0) is 23.8 Å². The van der Waals surface area contributed by atoms with E-state index in [2.05, 4.69) is 5.32 Å². The van der Waals surface area contributed by atoms with Crippen molar-refractivity contribution in [3.8, 4) is 22.6 Å². The van der Waals surface area contributed by atoms with Crippen LogP contribution in [0.4, 0.5) is 14.5 Å². The molecule has 0 unspecified atom stereocenters. The zero-order chi connectivity index (χ0) is 20.3. The smallest absolute Gasteiger partial charge is 0.261 e. The number of benzene rings is 3. The van der Waals surface area contributed by atoms with E-state index in [1.54, 1.807) is 6.07 Å². The Morgan fingerprint density at radius 3 is 2.18 bits per heavy atom. The number of carbonyl (C=O) groups excluding carboxylic acids is 1. The fraction of sp³-hybridized carbons (Fsp3) is 0.0952. The van der Waals surface area contributed by atoms with E-state index >= 15 is 0 Å².